The van der Waals surface area contributed by atoms with Gasteiger partial charge in [-0.3, -0.25) is 4.90 Å². The molecule has 1 aromatic heterocycles. The highest BCUT2D eigenvalue weighted by molar-refractivity contribution is 6.06. The van der Waals surface area contributed by atoms with Crippen LogP contribution in [0.15, 0.2) is 83.6 Å². The molecule has 1 unspecified atom stereocenters. The van der Waals surface area contributed by atoms with Gasteiger partial charge in [0.25, 0.3) is 0 Å². The minimum Gasteiger partial charge on any atom is -0.466 e. The van der Waals surface area contributed by atoms with Gasteiger partial charge < -0.3 is 15.2 Å². The van der Waals surface area contributed by atoms with E-state index < -0.39 is 17.9 Å². The van der Waals surface area contributed by atoms with Crippen LogP contribution in [0.2, 0.25) is 0 Å². The maximum atomic E-state index is 13.1. The summed E-state index contributed by atoms with van der Waals surface area (Å²) in [6.45, 7) is 1.78. The van der Waals surface area contributed by atoms with Crippen LogP contribution in [-0.4, -0.2) is 40.9 Å². The van der Waals surface area contributed by atoms with Gasteiger partial charge in [-0.15, -0.1) is 0 Å². The number of aromatic nitrogens is 3. The first-order valence-electron chi connectivity index (χ1n) is 10.6. The number of esters is 2. The lowest BCUT2D eigenvalue weighted by atomic mass is 9.81. The van der Waals surface area contributed by atoms with E-state index in [2.05, 4.69) is 16.2 Å². The largest absolute Gasteiger partial charge is 0.466 e. The first-order valence-corrected chi connectivity index (χ1v) is 10.6. The van der Waals surface area contributed by atoms with Gasteiger partial charge in [0.15, 0.2) is 0 Å². The normalized spacial score (nSPS) is 15.6. The van der Waals surface area contributed by atoms with Gasteiger partial charge in [-0.25, -0.2) is 19.3 Å². The lowest BCUT2D eigenvalue weighted by molar-refractivity contribution is -0.139. The summed E-state index contributed by atoms with van der Waals surface area (Å²) in [6, 6.07) is 17.8. The Bertz CT molecular complexity index is 1380. The second kappa shape index (κ2) is 9.52. The van der Waals surface area contributed by atoms with Crippen molar-refractivity contribution in [1.29, 1.82) is 5.26 Å². The number of anilines is 1. The molecule has 1 aliphatic heterocycles. The van der Waals surface area contributed by atoms with Gasteiger partial charge >= 0.3 is 11.9 Å². The van der Waals surface area contributed by atoms with Crippen molar-refractivity contribution in [2.45, 2.75) is 12.8 Å². The number of carbonyl (C=O) groups is 2. The maximum Gasteiger partial charge on any atom is 0.355 e. The molecule has 35 heavy (non-hydrogen) atoms. The van der Waals surface area contributed by atoms with E-state index in [1.807, 2.05) is 0 Å². The molecule has 0 saturated carbocycles. The number of hydrogen-bond acceptors (Lipinski definition) is 9. The van der Waals surface area contributed by atoms with Crippen molar-refractivity contribution in [3.8, 4) is 11.8 Å². The molecule has 1 atom stereocenters. The first kappa shape index (κ1) is 23.3. The van der Waals surface area contributed by atoms with Crippen LogP contribution in [0.3, 0.4) is 0 Å². The Hall–Kier alpha value is -4.91. The summed E-state index contributed by atoms with van der Waals surface area (Å²) < 4.78 is 11.7. The van der Waals surface area contributed by atoms with Crippen LogP contribution in [0.5, 0.6) is 0 Å². The summed E-state index contributed by atoms with van der Waals surface area (Å²) in [5.41, 5.74) is 8.16. The van der Waals surface area contributed by atoms with Gasteiger partial charge in [0.05, 0.1) is 43.0 Å². The monoisotopic (exact) mass is 470 g/mol. The molecule has 3 aromatic rings. The summed E-state index contributed by atoms with van der Waals surface area (Å²) in [6.07, 6.45) is 1.58. The van der Waals surface area contributed by atoms with Crippen molar-refractivity contribution in [3.63, 3.8) is 0 Å². The molecule has 4 rings (SSSR count). The third-order valence-electron chi connectivity index (χ3n) is 5.59. The van der Waals surface area contributed by atoms with E-state index in [-0.39, 0.29) is 22.7 Å². The molecule has 176 valence electrons. The highest BCUT2D eigenvalue weighted by Crippen LogP contribution is 2.43. The first-order chi connectivity index (χ1) is 16.9. The van der Waals surface area contributed by atoms with E-state index in [9.17, 15) is 14.9 Å². The molecule has 0 aliphatic carbocycles. The second-order valence-corrected chi connectivity index (χ2v) is 7.59. The summed E-state index contributed by atoms with van der Waals surface area (Å²) >= 11 is 0. The Balaban J connectivity index is 1.95. The van der Waals surface area contributed by atoms with Crippen LogP contribution in [0.25, 0.3) is 5.69 Å². The molecule has 10 heteroatoms. The Morgan fingerprint density at radius 3 is 2.17 bits per heavy atom. The fourth-order valence-electron chi connectivity index (χ4n) is 4.01. The molecule has 0 spiro atoms. The summed E-state index contributed by atoms with van der Waals surface area (Å²) in [4.78, 5) is 31.6. The minimum absolute atomic E-state index is 0.00115. The van der Waals surface area contributed by atoms with Crippen molar-refractivity contribution >= 4 is 17.6 Å². The third-order valence-corrected chi connectivity index (χ3v) is 5.59. The van der Waals surface area contributed by atoms with Crippen LogP contribution >= 0.6 is 0 Å². The zero-order valence-electron chi connectivity index (χ0n) is 19.3. The number of ether oxygens (including phenoxy) is 2. The minimum atomic E-state index is -0.920. The number of nitrogens with two attached hydrogens (primary N) is 1. The van der Waals surface area contributed by atoms with Crippen LogP contribution < -0.4 is 10.6 Å². The highest BCUT2D eigenvalue weighted by atomic mass is 16.5. The molecular weight excluding hydrogens is 448 g/mol. The van der Waals surface area contributed by atoms with Gasteiger partial charge in [0.2, 0.25) is 0 Å². The number of benzene rings is 2. The number of nitrogens with zero attached hydrogens (tertiary/aromatic N) is 5. The van der Waals surface area contributed by atoms with Gasteiger partial charge in [-0.05, 0) is 36.8 Å². The molecule has 0 saturated heterocycles. The van der Waals surface area contributed by atoms with Crippen LogP contribution in [0, 0.1) is 18.3 Å². The summed E-state index contributed by atoms with van der Waals surface area (Å²) in [5.74, 6) is -1.89. The van der Waals surface area contributed by atoms with Crippen molar-refractivity contribution in [3.05, 3.63) is 95.0 Å². The Kier molecular flexibility index (Phi) is 6.33. The Labute approximate surface area is 201 Å². The average Bonchev–Trinajstić information content (AvgIpc) is 3.33. The highest BCUT2D eigenvalue weighted by Gasteiger charge is 2.42. The topological polar surface area (TPSA) is 136 Å². The zero-order valence-corrected chi connectivity index (χ0v) is 19.3. The molecule has 2 N–H and O–H groups in total. The van der Waals surface area contributed by atoms with Gasteiger partial charge in [-0.1, -0.05) is 30.3 Å². The average molecular weight is 470 g/mol. The van der Waals surface area contributed by atoms with E-state index in [1.165, 1.54) is 19.1 Å². The summed E-state index contributed by atoms with van der Waals surface area (Å²) in [5, 5.41) is 14.4. The zero-order chi connectivity index (χ0) is 25.1. The van der Waals surface area contributed by atoms with E-state index in [1.54, 1.807) is 72.5 Å². The second-order valence-electron chi connectivity index (χ2n) is 7.59. The molecular formula is C25H22N6O4. The van der Waals surface area contributed by atoms with Crippen LogP contribution in [0.4, 0.5) is 5.69 Å². The van der Waals surface area contributed by atoms with E-state index >= 15 is 0 Å². The standard InChI is InChI=1S/C25H22N6O4/c1-15-28-14-30(29-15)17-9-11-18(12-10-17)31-22(25(33)35-3)21(24(32)34-2)20(19(13-26)23(31)27)16-7-5-4-6-8-16/h4-12,14,20H,27H2,1-3H3. The smallest absolute Gasteiger partial charge is 0.355 e. The molecule has 0 radical (unpaired) electrons. The predicted octanol–water partition coefficient (Wildman–Crippen LogP) is 2.47. The predicted molar refractivity (Wildman–Crippen MR) is 126 cm³/mol. The molecule has 1 aliphatic rings. The molecule has 10 nitrogen and oxygen atoms in total. The van der Waals surface area contributed by atoms with E-state index in [0.29, 0.717) is 22.8 Å². The number of hydrogen-bond donors (Lipinski definition) is 1. The third kappa shape index (κ3) is 4.11. The number of allylic oxidation sites excluding steroid dienone is 1. The number of rotatable bonds is 5. The van der Waals surface area contributed by atoms with Gasteiger partial charge in [0, 0.05) is 5.69 Å². The van der Waals surface area contributed by atoms with Gasteiger partial charge in [0.1, 0.15) is 23.7 Å². The van der Waals surface area contributed by atoms with Crippen LogP contribution in [-0.2, 0) is 19.1 Å². The summed E-state index contributed by atoms with van der Waals surface area (Å²) in [7, 11) is 2.41. The number of methoxy groups -OCH3 is 2. The van der Waals surface area contributed by atoms with Crippen molar-refractivity contribution in [2.24, 2.45) is 5.73 Å². The molecule has 0 amide bonds. The Morgan fingerprint density at radius 2 is 1.63 bits per heavy atom. The van der Waals surface area contributed by atoms with Crippen molar-refractivity contribution in [2.75, 3.05) is 19.1 Å². The number of carbonyl (C=O) groups excluding carboxylic acids is 2. The van der Waals surface area contributed by atoms with Crippen molar-refractivity contribution in [1.82, 2.24) is 14.8 Å². The quantitative estimate of drug-likeness (QED) is 0.558. The lowest BCUT2D eigenvalue weighted by Crippen LogP contribution is -2.40. The maximum absolute atomic E-state index is 13.1. The van der Waals surface area contributed by atoms with E-state index in [4.69, 9.17) is 15.2 Å². The SMILES string of the molecule is COC(=O)C1=C(C(=O)OC)N(c2ccc(-n3cnc(C)n3)cc2)C(N)=C(C#N)C1c1ccccc1. The fraction of sp³-hybridized carbons (Fsp3) is 0.160. The van der Waals surface area contributed by atoms with Crippen LogP contribution in [0.1, 0.15) is 17.3 Å². The van der Waals surface area contributed by atoms with Crippen molar-refractivity contribution < 1.29 is 19.1 Å². The number of nitriles is 1. The molecule has 0 bridgehead atoms. The molecule has 0 fully saturated rings. The van der Waals surface area contributed by atoms with E-state index in [0.717, 1.165) is 0 Å². The molecule has 2 aromatic carbocycles. The molecule has 2 heterocycles. The lowest BCUT2D eigenvalue weighted by Gasteiger charge is -2.35. The fourth-order valence-corrected chi connectivity index (χ4v) is 4.01. The number of aryl methyl sites for hydroxylation is 1. The Morgan fingerprint density at radius 1 is 1.00 bits per heavy atom. The van der Waals surface area contributed by atoms with Gasteiger partial charge in [-0.2, -0.15) is 10.4 Å².